The van der Waals surface area contributed by atoms with Crippen LogP contribution in [0.2, 0.25) is 0 Å². The van der Waals surface area contributed by atoms with Gasteiger partial charge in [-0.05, 0) is 18.6 Å². The molecule has 0 fully saturated rings. The lowest BCUT2D eigenvalue weighted by Crippen LogP contribution is -2.24. The average Bonchev–Trinajstić information content (AvgIpc) is 2.02. The third-order valence-corrected chi connectivity index (χ3v) is 1.77. The molecule has 0 saturated heterocycles. The number of rotatable bonds is 3. The van der Waals surface area contributed by atoms with Crippen molar-refractivity contribution in [2.24, 2.45) is 0 Å². The fourth-order valence-corrected chi connectivity index (χ4v) is 0.727. The normalized spacial score (nSPS) is 13.6. The summed E-state index contributed by atoms with van der Waals surface area (Å²) in [5.41, 5.74) is -0.305. The molecule has 0 saturated carbocycles. The fourth-order valence-electron chi connectivity index (χ4n) is 0.376. The van der Waals surface area contributed by atoms with E-state index in [-0.39, 0.29) is 10.6 Å². The van der Waals surface area contributed by atoms with Crippen molar-refractivity contribution in [3.8, 4) is 0 Å². The van der Waals surface area contributed by atoms with Gasteiger partial charge >= 0.3 is 0 Å². The van der Waals surface area contributed by atoms with E-state index in [0.29, 0.717) is 0 Å². The molecular weight excluding hydrogens is 219 g/mol. The van der Waals surface area contributed by atoms with Crippen LogP contribution in [0.5, 0.6) is 0 Å². The maximum Gasteiger partial charge on any atom is 0.0829 e. The van der Waals surface area contributed by atoms with E-state index in [0.717, 1.165) is 13.0 Å². The first-order valence-electron chi connectivity index (χ1n) is 3.02. The summed E-state index contributed by atoms with van der Waals surface area (Å²) in [6.45, 7) is 1.16. The van der Waals surface area contributed by atoms with Gasteiger partial charge in [0.1, 0.15) is 0 Å². The van der Waals surface area contributed by atoms with Crippen LogP contribution in [0, 0.1) is 0 Å². The molecule has 0 aromatic heterocycles. The van der Waals surface area contributed by atoms with Gasteiger partial charge in [0.05, 0.1) is 17.0 Å². The minimum atomic E-state index is -1.63. The molecule has 0 unspecified atom stereocenters. The van der Waals surface area contributed by atoms with Crippen molar-refractivity contribution in [3.05, 3.63) is 21.7 Å². The average molecular weight is 223 g/mol. The number of carboxylic acid groups (broad SMARTS) is 2. The molecule has 0 aliphatic heterocycles. The SMILES string of the molecule is C/C(C(=O)[O-])=C(Cl)/C=C(/Cl)C(=O)[O-]. The van der Waals surface area contributed by atoms with Crippen molar-refractivity contribution in [2.75, 3.05) is 0 Å². The van der Waals surface area contributed by atoms with Gasteiger partial charge in [-0.15, -0.1) is 0 Å². The monoisotopic (exact) mass is 222 g/mol. The number of hydrogen-bond donors (Lipinski definition) is 0. The zero-order valence-corrected chi connectivity index (χ0v) is 7.98. The zero-order valence-electron chi connectivity index (χ0n) is 6.47. The molecule has 13 heavy (non-hydrogen) atoms. The summed E-state index contributed by atoms with van der Waals surface area (Å²) in [6, 6.07) is 0. The highest BCUT2D eigenvalue weighted by Gasteiger charge is 1.99. The van der Waals surface area contributed by atoms with E-state index in [9.17, 15) is 19.8 Å². The first kappa shape index (κ1) is 12.0. The van der Waals surface area contributed by atoms with Gasteiger partial charge in [-0.3, -0.25) is 0 Å². The molecule has 72 valence electrons. The van der Waals surface area contributed by atoms with Crippen LogP contribution in [-0.2, 0) is 9.59 Å². The summed E-state index contributed by atoms with van der Waals surface area (Å²) < 4.78 is 0. The molecule has 6 heteroatoms. The van der Waals surface area contributed by atoms with Crippen LogP contribution in [0.1, 0.15) is 6.92 Å². The second-order valence-electron chi connectivity index (χ2n) is 2.04. The standard InChI is InChI=1S/C7H6Cl2O4/c1-3(6(10)11)4(8)2-5(9)7(12)13/h2H,1H3,(H,10,11)(H,12,13)/p-2/b4-3+,5-2+. The fraction of sp³-hybridized carbons (Fsp3) is 0.143. The lowest BCUT2D eigenvalue weighted by Gasteiger charge is -2.04. The summed E-state index contributed by atoms with van der Waals surface area (Å²) in [5, 5.41) is 19.3. The molecule has 0 aromatic rings. The Morgan fingerprint density at radius 3 is 1.92 bits per heavy atom. The predicted molar refractivity (Wildman–Crippen MR) is 42.5 cm³/mol. The quantitative estimate of drug-likeness (QED) is 0.459. The largest absolute Gasteiger partial charge is 0.545 e. The Morgan fingerprint density at radius 2 is 1.62 bits per heavy atom. The van der Waals surface area contributed by atoms with Gasteiger partial charge in [0.15, 0.2) is 0 Å². The second kappa shape index (κ2) is 4.89. The summed E-state index contributed by atoms with van der Waals surface area (Å²) in [7, 11) is 0. The van der Waals surface area contributed by atoms with E-state index in [2.05, 4.69) is 0 Å². The minimum absolute atomic E-state index is 0.305. The van der Waals surface area contributed by atoms with Crippen LogP contribution in [-0.4, -0.2) is 11.9 Å². The Morgan fingerprint density at radius 1 is 1.15 bits per heavy atom. The van der Waals surface area contributed by atoms with E-state index < -0.39 is 17.0 Å². The molecule has 4 nitrogen and oxygen atoms in total. The highest BCUT2D eigenvalue weighted by molar-refractivity contribution is 6.42. The maximum atomic E-state index is 10.2. The first-order chi connectivity index (χ1) is 5.86. The number of carbonyl (C=O) groups excluding carboxylic acids is 2. The summed E-state index contributed by atoms with van der Waals surface area (Å²) in [5.74, 6) is -3.13. The van der Waals surface area contributed by atoms with E-state index >= 15 is 0 Å². The van der Waals surface area contributed by atoms with Crippen molar-refractivity contribution < 1.29 is 19.8 Å². The molecule has 0 bridgehead atoms. The number of carboxylic acids is 2. The number of halogens is 2. The molecule has 0 spiro atoms. The van der Waals surface area contributed by atoms with Crippen LogP contribution in [0.15, 0.2) is 21.7 Å². The van der Waals surface area contributed by atoms with Crippen molar-refractivity contribution in [2.45, 2.75) is 6.92 Å². The number of allylic oxidation sites excluding steroid dienone is 2. The first-order valence-corrected chi connectivity index (χ1v) is 3.78. The second-order valence-corrected chi connectivity index (χ2v) is 2.85. The molecule has 0 aliphatic carbocycles. The Labute approximate surface area is 84.1 Å². The zero-order chi connectivity index (χ0) is 10.6. The number of carbonyl (C=O) groups is 2. The topological polar surface area (TPSA) is 80.3 Å². The third-order valence-electron chi connectivity index (χ3n) is 1.11. The van der Waals surface area contributed by atoms with E-state index in [1.54, 1.807) is 0 Å². The maximum absolute atomic E-state index is 10.2. The van der Waals surface area contributed by atoms with Gasteiger partial charge in [-0.2, -0.15) is 0 Å². The summed E-state index contributed by atoms with van der Waals surface area (Å²) in [6.07, 6.45) is 0.767. The lowest BCUT2D eigenvalue weighted by molar-refractivity contribution is -0.300. The molecule has 0 aliphatic rings. The third kappa shape index (κ3) is 3.96. The van der Waals surface area contributed by atoms with Crippen LogP contribution < -0.4 is 10.2 Å². The van der Waals surface area contributed by atoms with Gasteiger partial charge in [-0.1, -0.05) is 23.2 Å². The van der Waals surface area contributed by atoms with Crippen LogP contribution in [0.3, 0.4) is 0 Å². The summed E-state index contributed by atoms with van der Waals surface area (Å²) in [4.78, 5) is 20.3. The van der Waals surface area contributed by atoms with Gasteiger partial charge in [0.25, 0.3) is 0 Å². The Kier molecular flexibility index (Phi) is 4.51. The highest BCUT2D eigenvalue weighted by atomic mass is 35.5. The van der Waals surface area contributed by atoms with Gasteiger partial charge in [-0.25, -0.2) is 0 Å². The Balaban J connectivity index is 4.92. The van der Waals surface area contributed by atoms with Gasteiger partial charge in [0.2, 0.25) is 0 Å². The van der Waals surface area contributed by atoms with Crippen LogP contribution in [0.25, 0.3) is 0 Å². The molecule has 0 N–H and O–H groups in total. The summed E-state index contributed by atoms with van der Waals surface area (Å²) >= 11 is 10.5. The molecule has 0 amide bonds. The highest BCUT2D eigenvalue weighted by Crippen LogP contribution is 2.14. The van der Waals surface area contributed by atoms with Gasteiger partial charge in [0, 0.05) is 5.03 Å². The smallest absolute Gasteiger partial charge is 0.0829 e. The van der Waals surface area contributed by atoms with Crippen molar-refractivity contribution in [1.29, 1.82) is 0 Å². The number of hydrogen-bond acceptors (Lipinski definition) is 4. The molecule has 0 rings (SSSR count). The van der Waals surface area contributed by atoms with Crippen LogP contribution in [0.4, 0.5) is 0 Å². The molecule has 0 aromatic carbocycles. The van der Waals surface area contributed by atoms with Gasteiger partial charge < -0.3 is 19.8 Å². The number of aliphatic carboxylic acids is 2. The van der Waals surface area contributed by atoms with Crippen molar-refractivity contribution in [1.82, 2.24) is 0 Å². The molecule has 0 radical (unpaired) electrons. The van der Waals surface area contributed by atoms with E-state index in [1.807, 2.05) is 0 Å². The van der Waals surface area contributed by atoms with E-state index in [1.165, 1.54) is 0 Å². The Bertz CT molecular complexity index is 304. The molecular formula is C7H4Cl2O4-2. The van der Waals surface area contributed by atoms with Crippen molar-refractivity contribution in [3.63, 3.8) is 0 Å². The van der Waals surface area contributed by atoms with Crippen molar-refractivity contribution >= 4 is 35.1 Å². The van der Waals surface area contributed by atoms with E-state index in [4.69, 9.17) is 23.2 Å². The minimum Gasteiger partial charge on any atom is -0.545 e. The molecule has 0 atom stereocenters. The Hall–Kier alpha value is -1.00. The molecule has 0 heterocycles. The van der Waals surface area contributed by atoms with Crippen LogP contribution >= 0.6 is 23.2 Å². The predicted octanol–water partition coefficient (Wildman–Crippen LogP) is -0.878. The lowest BCUT2D eigenvalue weighted by atomic mass is 10.3.